The molecule has 0 aromatic rings. The van der Waals surface area contributed by atoms with E-state index in [9.17, 15) is 4.79 Å². The topological polar surface area (TPSA) is 29.1 Å². The van der Waals surface area contributed by atoms with Gasteiger partial charge in [0.15, 0.2) is 0 Å². The first-order chi connectivity index (χ1) is 10.5. The van der Waals surface area contributed by atoms with Crippen molar-refractivity contribution in [3.05, 3.63) is 0 Å². The molecule has 2 nitrogen and oxygen atoms in total. The van der Waals surface area contributed by atoms with Crippen molar-refractivity contribution in [1.29, 1.82) is 0 Å². The molecule has 0 aliphatic carbocycles. The summed E-state index contributed by atoms with van der Waals surface area (Å²) in [6.07, 6.45) is 14.1. The number of nitrogens with one attached hydrogen (secondary N) is 1. The van der Waals surface area contributed by atoms with Crippen LogP contribution in [0, 0.1) is 11.8 Å². The van der Waals surface area contributed by atoms with Gasteiger partial charge in [-0.15, -0.1) is 0 Å². The molecule has 2 heteroatoms. The van der Waals surface area contributed by atoms with Crippen LogP contribution in [0.25, 0.3) is 0 Å². The summed E-state index contributed by atoms with van der Waals surface area (Å²) in [6, 6.07) is 0. The van der Waals surface area contributed by atoms with Gasteiger partial charge in [-0.1, -0.05) is 85.5 Å². The van der Waals surface area contributed by atoms with E-state index in [1.54, 1.807) is 0 Å². The van der Waals surface area contributed by atoms with E-state index in [4.69, 9.17) is 0 Å². The summed E-state index contributed by atoms with van der Waals surface area (Å²) in [5.41, 5.74) is 0. The highest BCUT2D eigenvalue weighted by molar-refractivity contribution is 5.80. The van der Waals surface area contributed by atoms with Gasteiger partial charge in [0.05, 0.1) is 6.54 Å². The first-order valence-electron chi connectivity index (χ1n) is 9.74. The first-order valence-corrected chi connectivity index (χ1v) is 9.74. The van der Waals surface area contributed by atoms with Crippen LogP contribution < -0.4 is 5.32 Å². The van der Waals surface area contributed by atoms with Crippen LogP contribution in [-0.2, 0) is 4.79 Å². The molecule has 0 heterocycles. The van der Waals surface area contributed by atoms with Crippen molar-refractivity contribution in [3.63, 3.8) is 0 Å². The number of Topliss-reactive ketones (excluding diaryl/α,β-unsaturated/α-hetero) is 1. The third-order valence-corrected chi connectivity index (χ3v) is 4.11. The van der Waals surface area contributed by atoms with Gasteiger partial charge in [0, 0.05) is 6.42 Å². The summed E-state index contributed by atoms with van der Waals surface area (Å²) >= 11 is 0. The predicted octanol–water partition coefficient (Wildman–Crippen LogP) is 5.75. The molecule has 132 valence electrons. The van der Waals surface area contributed by atoms with E-state index < -0.39 is 0 Å². The Morgan fingerprint density at radius 3 is 1.73 bits per heavy atom. The number of rotatable bonds is 16. The van der Waals surface area contributed by atoms with Crippen LogP contribution in [0.5, 0.6) is 0 Å². The van der Waals surface area contributed by atoms with Crippen LogP contribution in [0.1, 0.15) is 98.3 Å². The Labute approximate surface area is 139 Å². The molecule has 0 radical (unpaired) electrons. The van der Waals surface area contributed by atoms with Gasteiger partial charge >= 0.3 is 0 Å². The lowest BCUT2D eigenvalue weighted by Gasteiger charge is -2.06. The molecule has 0 spiro atoms. The largest absolute Gasteiger partial charge is 0.310 e. The van der Waals surface area contributed by atoms with E-state index in [1.165, 1.54) is 57.8 Å². The van der Waals surface area contributed by atoms with Gasteiger partial charge in [-0.25, -0.2) is 0 Å². The molecule has 0 bridgehead atoms. The fourth-order valence-electron chi connectivity index (χ4n) is 2.70. The summed E-state index contributed by atoms with van der Waals surface area (Å²) in [6.45, 7) is 10.5. The average Bonchev–Trinajstić information content (AvgIpc) is 2.44. The fourth-order valence-corrected chi connectivity index (χ4v) is 2.70. The number of carbonyl (C=O) groups is 1. The van der Waals surface area contributed by atoms with Crippen LogP contribution >= 0.6 is 0 Å². The SMILES string of the molecule is CC(C)CCCCCCCCCCCC(=O)CNCC(C)C. The van der Waals surface area contributed by atoms with Gasteiger partial charge in [-0.3, -0.25) is 4.79 Å². The van der Waals surface area contributed by atoms with Crippen molar-refractivity contribution in [2.24, 2.45) is 11.8 Å². The Morgan fingerprint density at radius 2 is 1.23 bits per heavy atom. The zero-order valence-electron chi connectivity index (χ0n) is 15.8. The van der Waals surface area contributed by atoms with E-state index in [-0.39, 0.29) is 0 Å². The number of unbranched alkanes of at least 4 members (excludes halogenated alkanes) is 8. The molecular formula is C20H41NO. The lowest BCUT2D eigenvalue weighted by atomic mass is 10.0. The van der Waals surface area contributed by atoms with Crippen molar-refractivity contribution in [1.82, 2.24) is 5.32 Å². The van der Waals surface area contributed by atoms with E-state index in [0.717, 1.165) is 25.3 Å². The second-order valence-corrected chi connectivity index (χ2v) is 7.68. The summed E-state index contributed by atoms with van der Waals surface area (Å²) in [5, 5.41) is 3.23. The van der Waals surface area contributed by atoms with Crippen molar-refractivity contribution in [2.75, 3.05) is 13.1 Å². The normalized spacial score (nSPS) is 11.5. The molecule has 0 saturated heterocycles. The zero-order valence-corrected chi connectivity index (χ0v) is 15.8. The minimum Gasteiger partial charge on any atom is -0.310 e. The number of ketones is 1. The molecule has 0 atom stereocenters. The van der Waals surface area contributed by atoms with Gasteiger partial charge in [-0.2, -0.15) is 0 Å². The molecule has 0 saturated carbocycles. The predicted molar refractivity (Wildman–Crippen MR) is 98.3 cm³/mol. The zero-order chi connectivity index (χ0) is 16.6. The molecule has 22 heavy (non-hydrogen) atoms. The monoisotopic (exact) mass is 311 g/mol. The summed E-state index contributed by atoms with van der Waals surface area (Å²) < 4.78 is 0. The van der Waals surface area contributed by atoms with Crippen molar-refractivity contribution in [3.8, 4) is 0 Å². The molecule has 0 aromatic heterocycles. The van der Waals surface area contributed by atoms with Crippen LogP contribution in [0.3, 0.4) is 0 Å². The molecular weight excluding hydrogens is 270 g/mol. The highest BCUT2D eigenvalue weighted by Crippen LogP contribution is 2.13. The van der Waals surface area contributed by atoms with Crippen LogP contribution in [0.4, 0.5) is 0 Å². The van der Waals surface area contributed by atoms with Crippen molar-refractivity contribution in [2.45, 2.75) is 98.3 Å². The summed E-state index contributed by atoms with van der Waals surface area (Å²) in [5.74, 6) is 1.87. The highest BCUT2D eigenvalue weighted by atomic mass is 16.1. The van der Waals surface area contributed by atoms with Gasteiger partial charge in [-0.05, 0) is 24.8 Å². The molecule has 0 fully saturated rings. The second-order valence-electron chi connectivity index (χ2n) is 7.68. The molecule has 0 aromatic carbocycles. The number of carbonyl (C=O) groups excluding carboxylic acids is 1. The van der Waals surface area contributed by atoms with Gasteiger partial charge in [0.1, 0.15) is 5.78 Å². The van der Waals surface area contributed by atoms with Crippen LogP contribution in [0.2, 0.25) is 0 Å². The summed E-state index contributed by atoms with van der Waals surface area (Å²) in [4.78, 5) is 11.6. The maximum absolute atomic E-state index is 11.6. The van der Waals surface area contributed by atoms with E-state index >= 15 is 0 Å². The molecule has 0 aliphatic heterocycles. The fraction of sp³-hybridized carbons (Fsp3) is 0.950. The van der Waals surface area contributed by atoms with Crippen molar-refractivity contribution >= 4 is 5.78 Å². The molecule has 0 aliphatic rings. The highest BCUT2D eigenvalue weighted by Gasteiger charge is 2.02. The van der Waals surface area contributed by atoms with E-state index in [0.29, 0.717) is 18.2 Å². The van der Waals surface area contributed by atoms with E-state index in [2.05, 4.69) is 33.0 Å². The quantitative estimate of drug-likeness (QED) is 0.368. The molecule has 0 amide bonds. The standard InChI is InChI=1S/C20H41NO/c1-18(2)14-12-10-8-6-5-7-9-11-13-15-20(22)17-21-16-19(3)4/h18-19,21H,5-17H2,1-4H3. The molecule has 0 unspecified atom stereocenters. The first kappa shape index (κ1) is 21.6. The minimum absolute atomic E-state index is 0.380. The Kier molecular flexibility index (Phi) is 15.3. The third-order valence-electron chi connectivity index (χ3n) is 4.11. The van der Waals surface area contributed by atoms with E-state index in [1.807, 2.05) is 0 Å². The minimum atomic E-state index is 0.380. The Balaban J connectivity index is 3.15. The lowest BCUT2D eigenvalue weighted by molar-refractivity contribution is -0.118. The lowest BCUT2D eigenvalue weighted by Crippen LogP contribution is -2.26. The third kappa shape index (κ3) is 17.7. The molecule has 1 N–H and O–H groups in total. The average molecular weight is 312 g/mol. The Bertz CT molecular complexity index is 248. The Hall–Kier alpha value is -0.370. The van der Waals surface area contributed by atoms with Gasteiger partial charge in [0.25, 0.3) is 0 Å². The maximum atomic E-state index is 11.6. The summed E-state index contributed by atoms with van der Waals surface area (Å²) in [7, 11) is 0. The maximum Gasteiger partial charge on any atom is 0.146 e. The number of hydrogen-bond donors (Lipinski definition) is 1. The molecule has 0 rings (SSSR count). The van der Waals surface area contributed by atoms with Gasteiger partial charge in [0.2, 0.25) is 0 Å². The Morgan fingerprint density at radius 1 is 0.727 bits per heavy atom. The van der Waals surface area contributed by atoms with Crippen LogP contribution in [-0.4, -0.2) is 18.9 Å². The van der Waals surface area contributed by atoms with Gasteiger partial charge < -0.3 is 5.32 Å². The smallest absolute Gasteiger partial charge is 0.146 e. The van der Waals surface area contributed by atoms with Crippen molar-refractivity contribution < 1.29 is 4.79 Å². The van der Waals surface area contributed by atoms with Crippen LogP contribution in [0.15, 0.2) is 0 Å². The second kappa shape index (κ2) is 15.5. The number of hydrogen-bond acceptors (Lipinski definition) is 2.